The van der Waals surface area contributed by atoms with Gasteiger partial charge in [0.15, 0.2) is 11.3 Å². The maximum absolute atomic E-state index is 15.8. The summed E-state index contributed by atoms with van der Waals surface area (Å²) >= 11 is 0. The SMILES string of the molecule is CC(C)C[C@@H]1CC(F)(c2cccc(-c3n[nH]c4ncccc34)n2)CCN1. The Bertz CT molecular complexity index is 906. The van der Waals surface area contributed by atoms with Gasteiger partial charge in [-0.1, -0.05) is 19.9 Å². The standard InChI is InChI=1S/C20H24FN5/c1-13(2)11-14-12-20(21,8-10-22-14)17-7-3-6-16(24-17)18-15-5-4-9-23-19(15)26-25-18/h3-7,9,13-14,22H,8,10-12H2,1-2H3,(H,23,25,26)/t14-,20?/m1/s1. The number of pyridine rings is 2. The minimum atomic E-state index is -1.40. The van der Waals surface area contributed by atoms with Crippen LogP contribution in [0.25, 0.3) is 22.4 Å². The van der Waals surface area contributed by atoms with Crippen LogP contribution in [0, 0.1) is 5.92 Å². The molecule has 1 saturated heterocycles. The summed E-state index contributed by atoms with van der Waals surface area (Å²) in [5.74, 6) is 0.539. The lowest BCUT2D eigenvalue weighted by atomic mass is 9.83. The van der Waals surface area contributed by atoms with Gasteiger partial charge in [0.2, 0.25) is 0 Å². The quantitative estimate of drug-likeness (QED) is 0.744. The number of hydrogen-bond donors (Lipinski definition) is 2. The molecule has 1 aliphatic heterocycles. The fraction of sp³-hybridized carbons (Fsp3) is 0.450. The van der Waals surface area contributed by atoms with Crippen molar-refractivity contribution < 1.29 is 4.39 Å². The van der Waals surface area contributed by atoms with Crippen molar-refractivity contribution in [3.05, 3.63) is 42.2 Å². The van der Waals surface area contributed by atoms with Gasteiger partial charge >= 0.3 is 0 Å². The van der Waals surface area contributed by atoms with E-state index in [2.05, 4.69) is 39.3 Å². The van der Waals surface area contributed by atoms with Crippen LogP contribution >= 0.6 is 0 Å². The highest BCUT2D eigenvalue weighted by Crippen LogP contribution is 2.38. The summed E-state index contributed by atoms with van der Waals surface area (Å²) in [7, 11) is 0. The Kier molecular flexibility index (Phi) is 4.44. The van der Waals surface area contributed by atoms with Crippen LogP contribution in [0.2, 0.25) is 0 Å². The van der Waals surface area contributed by atoms with Crippen molar-refractivity contribution in [3.63, 3.8) is 0 Å². The second kappa shape index (κ2) is 6.76. The fourth-order valence-corrected chi connectivity index (χ4v) is 3.87. The number of nitrogens with one attached hydrogen (secondary N) is 2. The number of hydrogen-bond acceptors (Lipinski definition) is 4. The molecular weight excluding hydrogens is 329 g/mol. The Morgan fingerprint density at radius 1 is 1.27 bits per heavy atom. The molecule has 6 heteroatoms. The van der Waals surface area contributed by atoms with E-state index in [1.165, 1.54) is 0 Å². The average Bonchev–Trinajstić information content (AvgIpc) is 3.05. The summed E-state index contributed by atoms with van der Waals surface area (Å²) in [5, 5.41) is 11.6. The highest BCUT2D eigenvalue weighted by molar-refractivity contribution is 5.89. The van der Waals surface area contributed by atoms with Gasteiger partial charge in [0.1, 0.15) is 5.69 Å². The van der Waals surface area contributed by atoms with Crippen LogP contribution < -0.4 is 5.32 Å². The van der Waals surface area contributed by atoms with Crippen LogP contribution in [-0.2, 0) is 5.67 Å². The topological polar surface area (TPSA) is 66.5 Å². The number of piperidine rings is 1. The van der Waals surface area contributed by atoms with Crippen molar-refractivity contribution in [3.8, 4) is 11.4 Å². The number of aromatic nitrogens is 4. The van der Waals surface area contributed by atoms with Gasteiger partial charge < -0.3 is 5.32 Å². The van der Waals surface area contributed by atoms with E-state index in [-0.39, 0.29) is 6.04 Å². The predicted molar refractivity (Wildman–Crippen MR) is 100 cm³/mol. The Balaban J connectivity index is 1.67. The lowest BCUT2D eigenvalue weighted by Crippen LogP contribution is -2.45. The Morgan fingerprint density at radius 3 is 3.00 bits per heavy atom. The molecule has 0 spiro atoms. The van der Waals surface area contributed by atoms with Gasteiger partial charge in [0.25, 0.3) is 0 Å². The van der Waals surface area contributed by atoms with Gasteiger partial charge in [-0.25, -0.2) is 14.4 Å². The van der Waals surface area contributed by atoms with Crippen molar-refractivity contribution >= 4 is 11.0 Å². The average molecular weight is 353 g/mol. The monoisotopic (exact) mass is 353 g/mol. The Hall–Kier alpha value is -2.34. The Labute approximate surface area is 152 Å². The summed E-state index contributed by atoms with van der Waals surface area (Å²) in [6.07, 6.45) is 3.60. The molecule has 1 aliphatic rings. The minimum absolute atomic E-state index is 0.189. The number of aromatic amines is 1. The zero-order valence-corrected chi connectivity index (χ0v) is 15.2. The molecule has 1 unspecified atom stereocenters. The third kappa shape index (κ3) is 3.21. The van der Waals surface area contributed by atoms with E-state index in [0.717, 1.165) is 11.8 Å². The van der Waals surface area contributed by atoms with E-state index in [4.69, 9.17) is 0 Å². The highest BCUT2D eigenvalue weighted by Gasteiger charge is 2.39. The number of halogens is 1. The summed E-state index contributed by atoms with van der Waals surface area (Å²) in [5.41, 5.74) is 1.21. The molecule has 0 bridgehead atoms. The lowest BCUT2D eigenvalue weighted by molar-refractivity contribution is 0.0803. The zero-order valence-electron chi connectivity index (χ0n) is 15.2. The first-order valence-electron chi connectivity index (χ1n) is 9.24. The van der Waals surface area contributed by atoms with Crippen LogP contribution in [0.3, 0.4) is 0 Å². The lowest BCUT2D eigenvalue weighted by Gasteiger charge is -2.36. The maximum atomic E-state index is 15.8. The van der Waals surface area contributed by atoms with Crippen LogP contribution in [0.5, 0.6) is 0 Å². The van der Waals surface area contributed by atoms with E-state index in [1.54, 1.807) is 12.3 Å². The molecular formula is C20H24FN5. The highest BCUT2D eigenvalue weighted by atomic mass is 19.1. The second-order valence-electron chi connectivity index (χ2n) is 7.58. The summed E-state index contributed by atoms with van der Waals surface area (Å²) in [6.45, 7) is 5.02. The van der Waals surface area contributed by atoms with Gasteiger partial charge in [-0.3, -0.25) is 5.10 Å². The summed E-state index contributed by atoms with van der Waals surface area (Å²) in [6, 6.07) is 9.55. The van der Waals surface area contributed by atoms with E-state index in [1.807, 2.05) is 24.3 Å². The molecule has 4 rings (SSSR count). The predicted octanol–water partition coefficient (Wildman–Crippen LogP) is 3.98. The maximum Gasteiger partial charge on any atom is 0.155 e. The second-order valence-corrected chi connectivity index (χ2v) is 7.58. The number of alkyl halides is 1. The van der Waals surface area contributed by atoms with Gasteiger partial charge in [-0.05, 0) is 49.6 Å². The number of rotatable bonds is 4. The van der Waals surface area contributed by atoms with Crippen molar-refractivity contribution in [1.82, 2.24) is 25.5 Å². The molecule has 0 aromatic carbocycles. The smallest absolute Gasteiger partial charge is 0.155 e. The molecule has 136 valence electrons. The van der Waals surface area contributed by atoms with Crippen LogP contribution in [-0.4, -0.2) is 32.8 Å². The molecule has 26 heavy (non-hydrogen) atoms. The van der Waals surface area contributed by atoms with Crippen molar-refractivity contribution in [2.75, 3.05) is 6.54 Å². The number of fused-ring (bicyclic) bond motifs is 1. The van der Waals surface area contributed by atoms with E-state index in [0.29, 0.717) is 48.0 Å². The number of nitrogens with zero attached hydrogens (tertiary/aromatic N) is 3. The molecule has 3 aromatic rings. The molecule has 2 atom stereocenters. The van der Waals surface area contributed by atoms with Crippen molar-refractivity contribution in [2.24, 2.45) is 5.92 Å². The zero-order chi connectivity index (χ0) is 18.1. The largest absolute Gasteiger partial charge is 0.314 e. The first kappa shape index (κ1) is 17.1. The molecule has 3 aromatic heterocycles. The van der Waals surface area contributed by atoms with Crippen LogP contribution in [0.15, 0.2) is 36.5 Å². The fourth-order valence-electron chi connectivity index (χ4n) is 3.87. The number of H-pyrrole nitrogens is 1. The van der Waals surface area contributed by atoms with E-state index >= 15 is 4.39 Å². The van der Waals surface area contributed by atoms with Crippen molar-refractivity contribution in [2.45, 2.75) is 44.8 Å². The molecule has 0 aliphatic carbocycles. The van der Waals surface area contributed by atoms with Gasteiger partial charge in [-0.15, -0.1) is 0 Å². The molecule has 4 heterocycles. The third-order valence-electron chi connectivity index (χ3n) is 5.07. The molecule has 0 saturated carbocycles. The minimum Gasteiger partial charge on any atom is -0.314 e. The molecule has 1 fully saturated rings. The normalized spacial score (nSPS) is 23.6. The van der Waals surface area contributed by atoms with Gasteiger partial charge in [0, 0.05) is 24.0 Å². The molecule has 0 amide bonds. The van der Waals surface area contributed by atoms with Crippen LogP contribution in [0.4, 0.5) is 4.39 Å². The van der Waals surface area contributed by atoms with Gasteiger partial charge in [-0.2, -0.15) is 5.10 Å². The molecule has 0 radical (unpaired) electrons. The van der Waals surface area contributed by atoms with Crippen LogP contribution in [0.1, 0.15) is 38.8 Å². The Morgan fingerprint density at radius 2 is 2.15 bits per heavy atom. The summed E-state index contributed by atoms with van der Waals surface area (Å²) < 4.78 is 15.8. The van der Waals surface area contributed by atoms with E-state index < -0.39 is 5.67 Å². The molecule has 5 nitrogen and oxygen atoms in total. The van der Waals surface area contributed by atoms with Gasteiger partial charge in [0.05, 0.1) is 11.4 Å². The van der Waals surface area contributed by atoms with E-state index in [9.17, 15) is 0 Å². The first-order chi connectivity index (χ1) is 12.5. The van der Waals surface area contributed by atoms with Crippen molar-refractivity contribution in [1.29, 1.82) is 0 Å². The molecule has 2 N–H and O–H groups in total. The first-order valence-corrected chi connectivity index (χ1v) is 9.24. The summed E-state index contributed by atoms with van der Waals surface area (Å²) in [4.78, 5) is 8.92. The third-order valence-corrected chi connectivity index (χ3v) is 5.07.